The van der Waals surface area contributed by atoms with Crippen LogP contribution in [-0.4, -0.2) is 21.4 Å². The number of hydrogen-bond donors (Lipinski definition) is 2. The molecule has 0 aromatic carbocycles. The lowest BCUT2D eigenvalue weighted by atomic mass is 9.93. The Kier molecular flexibility index (Phi) is 6.77. The molecule has 0 radical (unpaired) electrons. The maximum absolute atomic E-state index is 4.97. The number of aromatic amines is 2. The zero-order chi connectivity index (χ0) is 25.6. The number of aromatic nitrogens is 2. The van der Waals surface area contributed by atoms with Crippen molar-refractivity contribution in [3.63, 3.8) is 0 Å². The zero-order valence-electron chi connectivity index (χ0n) is 23.2. The Hall–Kier alpha value is -3.14. The quantitative estimate of drug-likeness (QED) is 0.431. The van der Waals surface area contributed by atoms with Crippen LogP contribution in [0, 0.1) is 27.7 Å². The first-order valence-corrected chi connectivity index (χ1v) is 12.9. The molecule has 2 aromatic rings. The Bertz CT molecular complexity index is 1280. The van der Waals surface area contributed by atoms with Crippen LogP contribution in [0.2, 0.25) is 0 Å². The summed E-state index contributed by atoms with van der Waals surface area (Å²) < 4.78 is 0. The molecule has 2 N–H and O–H groups in total. The van der Waals surface area contributed by atoms with Gasteiger partial charge in [-0.05, 0) is 125 Å². The van der Waals surface area contributed by atoms with Gasteiger partial charge in [0, 0.05) is 40.6 Å². The van der Waals surface area contributed by atoms with E-state index >= 15 is 0 Å². The summed E-state index contributed by atoms with van der Waals surface area (Å²) in [5, 5.41) is 0. The Morgan fingerprint density at radius 2 is 0.971 bits per heavy atom. The third kappa shape index (κ3) is 4.35. The molecule has 0 unspecified atom stereocenters. The maximum Gasteiger partial charge on any atom is 0.0686 e. The minimum Gasteiger partial charge on any atom is -0.359 e. The summed E-state index contributed by atoms with van der Waals surface area (Å²) >= 11 is 0. The van der Waals surface area contributed by atoms with Gasteiger partial charge in [0.25, 0.3) is 0 Å². The lowest BCUT2D eigenvalue weighted by Crippen LogP contribution is -2.02. The van der Waals surface area contributed by atoms with Crippen LogP contribution < -0.4 is 0 Å². The first-order chi connectivity index (χ1) is 16.6. The van der Waals surface area contributed by atoms with E-state index in [0.29, 0.717) is 0 Å². The standard InChI is InChI=1S/C31H40N4/c1-11-24-16(3)28(32-20(24)7)14-30-18(5)26(22(9)34-30)13-27-19(6)31(35-23(27)10)15-29-17(4)25(12-2)21(8)33-29/h14-15,32-33H,11-13H2,1-10H3/b30-14-,31-15-. The fourth-order valence-corrected chi connectivity index (χ4v) is 5.75. The number of aryl methyl sites for hydroxylation is 2. The van der Waals surface area contributed by atoms with Crippen LogP contribution >= 0.6 is 0 Å². The molecule has 35 heavy (non-hydrogen) atoms. The number of rotatable bonds is 6. The number of allylic oxidation sites excluding steroid dienone is 4. The van der Waals surface area contributed by atoms with E-state index in [1.165, 1.54) is 67.3 Å². The second-order valence-corrected chi connectivity index (χ2v) is 10.1. The smallest absolute Gasteiger partial charge is 0.0686 e. The van der Waals surface area contributed by atoms with Crippen molar-refractivity contribution in [1.29, 1.82) is 0 Å². The molecule has 2 aliphatic rings. The van der Waals surface area contributed by atoms with Crippen LogP contribution in [0.25, 0.3) is 12.2 Å². The Labute approximate surface area is 210 Å². The van der Waals surface area contributed by atoms with Gasteiger partial charge >= 0.3 is 0 Å². The van der Waals surface area contributed by atoms with Gasteiger partial charge < -0.3 is 9.97 Å². The molecule has 2 aliphatic heterocycles. The van der Waals surface area contributed by atoms with E-state index in [0.717, 1.165) is 42.1 Å². The van der Waals surface area contributed by atoms with Crippen molar-refractivity contribution < 1.29 is 0 Å². The minimum absolute atomic E-state index is 0.864. The van der Waals surface area contributed by atoms with Crippen LogP contribution in [0.1, 0.15) is 93.0 Å². The van der Waals surface area contributed by atoms with Crippen LogP contribution in [0.15, 0.2) is 43.7 Å². The van der Waals surface area contributed by atoms with Crippen molar-refractivity contribution in [3.8, 4) is 0 Å². The third-order valence-electron chi connectivity index (χ3n) is 8.01. The molecule has 4 heteroatoms. The van der Waals surface area contributed by atoms with Crippen molar-refractivity contribution in [2.75, 3.05) is 0 Å². The Morgan fingerprint density at radius 3 is 1.29 bits per heavy atom. The zero-order valence-corrected chi connectivity index (χ0v) is 23.2. The summed E-state index contributed by atoms with van der Waals surface area (Å²) in [6, 6.07) is 0. The maximum atomic E-state index is 4.97. The normalized spacial score (nSPS) is 18.6. The first kappa shape index (κ1) is 25.0. The van der Waals surface area contributed by atoms with E-state index in [1.54, 1.807) is 0 Å². The van der Waals surface area contributed by atoms with Crippen molar-refractivity contribution >= 4 is 23.6 Å². The lowest BCUT2D eigenvalue weighted by Gasteiger charge is -2.08. The SMILES string of the molecule is CCc1c(C)[nH]c(/C=C2\N=C(C)C(CC3=C(C)/C(=C/c4[nH]c(C)c(CC)c4C)N=C3C)=C2C)c1C. The number of aliphatic imine (C=N–C) groups is 2. The van der Waals surface area contributed by atoms with E-state index in [4.69, 9.17) is 9.98 Å². The number of hydrogen-bond acceptors (Lipinski definition) is 2. The highest BCUT2D eigenvalue weighted by molar-refractivity contribution is 6.09. The average molecular weight is 469 g/mol. The highest BCUT2D eigenvalue weighted by Gasteiger charge is 2.25. The highest BCUT2D eigenvalue weighted by Crippen LogP contribution is 2.36. The molecule has 0 aliphatic carbocycles. The lowest BCUT2D eigenvalue weighted by molar-refractivity contribution is 1.08. The predicted octanol–water partition coefficient (Wildman–Crippen LogP) is 8.06. The average Bonchev–Trinajstić information content (AvgIpc) is 3.43. The van der Waals surface area contributed by atoms with Gasteiger partial charge in [-0.25, -0.2) is 0 Å². The van der Waals surface area contributed by atoms with Crippen LogP contribution in [-0.2, 0) is 12.8 Å². The Balaban J connectivity index is 1.67. The molecule has 4 nitrogen and oxygen atoms in total. The fourth-order valence-electron chi connectivity index (χ4n) is 5.75. The molecule has 0 saturated carbocycles. The molecular weight excluding hydrogens is 428 g/mol. The largest absolute Gasteiger partial charge is 0.359 e. The monoisotopic (exact) mass is 468 g/mol. The molecule has 0 saturated heterocycles. The van der Waals surface area contributed by atoms with Gasteiger partial charge in [0.05, 0.1) is 11.4 Å². The van der Waals surface area contributed by atoms with Gasteiger partial charge in [-0.1, -0.05) is 13.8 Å². The van der Waals surface area contributed by atoms with Crippen molar-refractivity contribution in [1.82, 2.24) is 9.97 Å². The first-order valence-electron chi connectivity index (χ1n) is 12.9. The van der Waals surface area contributed by atoms with E-state index in [2.05, 4.69) is 91.4 Å². The number of nitrogens with zero attached hydrogens (tertiary/aromatic N) is 2. The van der Waals surface area contributed by atoms with Gasteiger partial charge in [0.2, 0.25) is 0 Å². The highest BCUT2D eigenvalue weighted by atomic mass is 14.8. The van der Waals surface area contributed by atoms with Crippen LogP contribution in [0.4, 0.5) is 0 Å². The summed E-state index contributed by atoms with van der Waals surface area (Å²) in [7, 11) is 0. The number of H-pyrrole nitrogens is 2. The van der Waals surface area contributed by atoms with Crippen LogP contribution in [0.3, 0.4) is 0 Å². The van der Waals surface area contributed by atoms with Crippen molar-refractivity contribution in [2.45, 2.75) is 88.5 Å². The second-order valence-electron chi connectivity index (χ2n) is 10.1. The topological polar surface area (TPSA) is 56.3 Å². The van der Waals surface area contributed by atoms with Crippen molar-refractivity contribution in [3.05, 3.63) is 78.7 Å². The summed E-state index contributed by atoms with van der Waals surface area (Å²) in [5.74, 6) is 0. The fraction of sp³-hybridized carbons (Fsp3) is 0.419. The molecule has 0 amide bonds. The molecule has 0 atom stereocenters. The van der Waals surface area contributed by atoms with Gasteiger partial charge in [-0.2, -0.15) is 0 Å². The van der Waals surface area contributed by atoms with E-state index in [9.17, 15) is 0 Å². The van der Waals surface area contributed by atoms with Gasteiger partial charge in [-0.15, -0.1) is 0 Å². The predicted molar refractivity (Wildman–Crippen MR) is 151 cm³/mol. The van der Waals surface area contributed by atoms with Gasteiger partial charge in [-0.3, -0.25) is 9.98 Å². The second kappa shape index (κ2) is 9.49. The minimum atomic E-state index is 0.864. The summed E-state index contributed by atoms with van der Waals surface area (Å²) in [5.41, 5.74) is 19.9. The molecule has 4 rings (SSSR count). The molecule has 0 bridgehead atoms. The molecule has 184 valence electrons. The third-order valence-corrected chi connectivity index (χ3v) is 8.01. The van der Waals surface area contributed by atoms with Crippen LogP contribution in [0.5, 0.6) is 0 Å². The van der Waals surface area contributed by atoms with Gasteiger partial charge in [0.1, 0.15) is 0 Å². The molecule has 2 aromatic heterocycles. The van der Waals surface area contributed by atoms with Gasteiger partial charge in [0.15, 0.2) is 0 Å². The van der Waals surface area contributed by atoms with Crippen molar-refractivity contribution in [2.24, 2.45) is 9.98 Å². The molecular formula is C31H40N4. The van der Waals surface area contributed by atoms with E-state index in [1.807, 2.05) is 0 Å². The van der Waals surface area contributed by atoms with E-state index in [-0.39, 0.29) is 0 Å². The van der Waals surface area contributed by atoms with E-state index < -0.39 is 0 Å². The summed E-state index contributed by atoms with van der Waals surface area (Å²) in [6.45, 7) is 21.8. The molecule has 0 spiro atoms. The number of nitrogens with one attached hydrogen (secondary N) is 2. The molecule has 4 heterocycles. The summed E-state index contributed by atoms with van der Waals surface area (Å²) in [4.78, 5) is 17.1. The molecule has 0 fully saturated rings. The Morgan fingerprint density at radius 1 is 0.600 bits per heavy atom. The summed E-state index contributed by atoms with van der Waals surface area (Å²) in [6.07, 6.45) is 7.39.